The lowest BCUT2D eigenvalue weighted by Crippen LogP contribution is -2.59. The second kappa shape index (κ2) is 38.2. The van der Waals surface area contributed by atoms with Gasteiger partial charge in [-0.1, -0.05) is 154 Å². The normalized spacial score (nSPS) is 20.9. The summed E-state index contributed by atoms with van der Waals surface area (Å²) in [5, 5.41) is 40.1. The summed E-state index contributed by atoms with van der Waals surface area (Å²) in [6.45, 7) is 4.54. The van der Waals surface area contributed by atoms with E-state index in [0.717, 1.165) is 44.9 Å². The Labute approximate surface area is 337 Å². The van der Waals surface area contributed by atoms with Crippen LogP contribution in [0.3, 0.4) is 0 Å². The minimum absolute atomic E-state index is 0.117. The number of allylic oxidation sites excluding steroid dienone is 4. The Balaban J connectivity index is 2.27. The Morgan fingerprint density at radius 1 is 0.564 bits per heavy atom. The molecule has 1 aliphatic heterocycles. The molecule has 1 aliphatic rings. The van der Waals surface area contributed by atoms with Crippen molar-refractivity contribution in [2.45, 2.75) is 237 Å². The average molecular weight is 783 g/mol. The summed E-state index contributed by atoms with van der Waals surface area (Å²) in [5.41, 5.74) is 0. The lowest BCUT2D eigenvalue weighted by atomic mass is 9.99. The number of hydrogen-bond acceptors (Lipinski definition) is 9. The molecular weight excluding hydrogens is 696 g/mol. The summed E-state index contributed by atoms with van der Waals surface area (Å²) in [7, 11) is 0. The third kappa shape index (κ3) is 29.5. The fraction of sp³-hybridized carbons (Fsp3) is 0.891. The third-order valence-corrected chi connectivity index (χ3v) is 10.6. The van der Waals surface area contributed by atoms with E-state index in [0.29, 0.717) is 13.0 Å². The standard InChI is InChI=1S/C46H86O9/c1-3-5-7-9-11-13-15-17-19-21-23-25-27-29-31-33-35-42(48)54-40(39-53-46-45(51)44(50)43(49)41(37-47)55-46)38-52-36-34-32-30-28-26-24-22-20-18-16-14-12-10-8-6-4-2/h18-21,40-41,43-47,49-51H,3-17,22-39H2,1-2H3/b20-18-,21-19-. The molecule has 0 aliphatic carbocycles. The van der Waals surface area contributed by atoms with E-state index in [1.807, 2.05) is 0 Å². The van der Waals surface area contributed by atoms with Crippen molar-refractivity contribution in [2.24, 2.45) is 0 Å². The van der Waals surface area contributed by atoms with Gasteiger partial charge in [0.05, 0.1) is 19.8 Å². The molecule has 0 aromatic rings. The van der Waals surface area contributed by atoms with Gasteiger partial charge in [-0.25, -0.2) is 0 Å². The Morgan fingerprint density at radius 2 is 1.00 bits per heavy atom. The van der Waals surface area contributed by atoms with Crippen molar-refractivity contribution in [1.29, 1.82) is 0 Å². The minimum atomic E-state index is -1.54. The van der Waals surface area contributed by atoms with Gasteiger partial charge in [-0.2, -0.15) is 0 Å². The van der Waals surface area contributed by atoms with Gasteiger partial charge in [0.1, 0.15) is 30.5 Å². The van der Waals surface area contributed by atoms with E-state index in [-0.39, 0.29) is 19.2 Å². The first-order valence-corrected chi connectivity index (χ1v) is 22.9. The SMILES string of the molecule is CCCCCCCC/C=C\CCCCCCCCOCC(COC1OC(CO)C(O)C(O)C1O)OC(=O)CCCCCCC/C=C\CCCCCCCCC. The Morgan fingerprint density at radius 3 is 1.47 bits per heavy atom. The van der Waals surface area contributed by atoms with Gasteiger partial charge in [-0.05, 0) is 64.2 Å². The average Bonchev–Trinajstić information content (AvgIpc) is 3.18. The summed E-state index contributed by atoms with van der Waals surface area (Å²) in [4.78, 5) is 12.8. The van der Waals surface area contributed by atoms with E-state index >= 15 is 0 Å². The topological polar surface area (TPSA) is 135 Å². The van der Waals surface area contributed by atoms with Crippen LogP contribution in [-0.2, 0) is 23.7 Å². The van der Waals surface area contributed by atoms with Crippen LogP contribution in [0.25, 0.3) is 0 Å². The zero-order valence-electron chi connectivity index (χ0n) is 35.4. The molecular formula is C46H86O9. The first-order valence-electron chi connectivity index (χ1n) is 22.9. The van der Waals surface area contributed by atoms with Crippen molar-refractivity contribution in [3.8, 4) is 0 Å². The molecule has 0 spiro atoms. The number of ether oxygens (including phenoxy) is 4. The lowest BCUT2D eigenvalue weighted by Gasteiger charge is -2.39. The number of esters is 1. The largest absolute Gasteiger partial charge is 0.457 e. The highest BCUT2D eigenvalue weighted by atomic mass is 16.7. The number of unbranched alkanes of at least 4 members (excludes halogenated alkanes) is 24. The highest BCUT2D eigenvalue weighted by molar-refractivity contribution is 5.69. The smallest absolute Gasteiger partial charge is 0.306 e. The van der Waals surface area contributed by atoms with Crippen LogP contribution >= 0.6 is 0 Å². The molecule has 0 radical (unpaired) electrons. The molecule has 324 valence electrons. The molecule has 9 nitrogen and oxygen atoms in total. The van der Waals surface area contributed by atoms with Crippen LogP contribution in [0.2, 0.25) is 0 Å². The van der Waals surface area contributed by atoms with Crippen LogP contribution in [0.5, 0.6) is 0 Å². The van der Waals surface area contributed by atoms with Gasteiger partial charge >= 0.3 is 5.97 Å². The predicted octanol–water partition coefficient (Wildman–Crippen LogP) is 10.2. The molecule has 1 heterocycles. The maximum absolute atomic E-state index is 12.8. The fourth-order valence-electron chi connectivity index (χ4n) is 6.95. The van der Waals surface area contributed by atoms with Crippen molar-refractivity contribution in [3.05, 3.63) is 24.3 Å². The number of rotatable bonds is 39. The maximum atomic E-state index is 12.8. The Hall–Kier alpha value is -1.33. The minimum Gasteiger partial charge on any atom is -0.457 e. The predicted molar refractivity (Wildman–Crippen MR) is 224 cm³/mol. The van der Waals surface area contributed by atoms with Crippen LogP contribution in [0.4, 0.5) is 0 Å². The van der Waals surface area contributed by atoms with Gasteiger partial charge in [-0.15, -0.1) is 0 Å². The molecule has 4 N–H and O–H groups in total. The first-order chi connectivity index (χ1) is 26.9. The molecule has 9 heteroatoms. The Kier molecular flexibility index (Phi) is 35.9. The summed E-state index contributed by atoms with van der Waals surface area (Å²) in [6, 6.07) is 0. The second-order valence-corrected chi connectivity index (χ2v) is 15.8. The number of hydrogen-bond donors (Lipinski definition) is 4. The molecule has 55 heavy (non-hydrogen) atoms. The third-order valence-electron chi connectivity index (χ3n) is 10.6. The molecule has 6 atom stereocenters. The van der Waals surface area contributed by atoms with Crippen LogP contribution in [0.15, 0.2) is 24.3 Å². The van der Waals surface area contributed by atoms with Crippen molar-refractivity contribution < 1.29 is 44.2 Å². The number of aliphatic hydroxyl groups is 4. The molecule has 1 rings (SSSR count). The molecule has 1 saturated heterocycles. The van der Waals surface area contributed by atoms with Crippen LogP contribution < -0.4 is 0 Å². The zero-order chi connectivity index (χ0) is 40.0. The van der Waals surface area contributed by atoms with E-state index < -0.39 is 43.4 Å². The second-order valence-electron chi connectivity index (χ2n) is 15.8. The van der Waals surface area contributed by atoms with Gasteiger partial charge in [0.25, 0.3) is 0 Å². The van der Waals surface area contributed by atoms with Gasteiger partial charge in [0.2, 0.25) is 0 Å². The monoisotopic (exact) mass is 783 g/mol. The summed E-state index contributed by atoms with van der Waals surface area (Å²) >= 11 is 0. The number of carbonyl (C=O) groups is 1. The summed E-state index contributed by atoms with van der Waals surface area (Å²) in [6.07, 6.45) is 36.3. The summed E-state index contributed by atoms with van der Waals surface area (Å²) < 4.78 is 22.8. The number of aliphatic hydroxyl groups excluding tert-OH is 4. The lowest BCUT2D eigenvalue weighted by molar-refractivity contribution is -0.305. The molecule has 6 unspecified atom stereocenters. The number of carbonyl (C=O) groups excluding carboxylic acids is 1. The van der Waals surface area contributed by atoms with E-state index in [4.69, 9.17) is 18.9 Å². The van der Waals surface area contributed by atoms with Crippen LogP contribution in [0, 0.1) is 0 Å². The van der Waals surface area contributed by atoms with E-state index in [1.54, 1.807) is 0 Å². The van der Waals surface area contributed by atoms with Gasteiger partial charge in [0.15, 0.2) is 6.29 Å². The maximum Gasteiger partial charge on any atom is 0.306 e. The van der Waals surface area contributed by atoms with Crippen molar-refractivity contribution in [1.82, 2.24) is 0 Å². The first kappa shape index (κ1) is 51.7. The zero-order valence-corrected chi connectivity index (χ0v) is 35.4. The highest BCUT2D eigenvalue weighted by Crippen LogP contribution is 2.22. The van der Waals surface area contributed by atoms with E-state index in [2.05, 4.69) is 38.2 Å². The van der Waals surface area contributed by atoms with Crippen LogP contribution in [0.1, 0.15) is 200 Å². The molecule has 0 amide bonds. The Bertz CT molecular complexity index is 895. The van der Waals surface area contributed by atoms with E-state index in [9.17, 15) is 25.2 Å². The molecule has 1 fully saturated rings. The molecule has 0 bridgehead atoms. The van der Waals surface area contributed by atoms with E-state index in [1.165, 1.54) is 135 Å². The fourth-order valence-corrected chi connectivity index (χ4v) is 6.95. The summed E-state index contributed by atoms with van der Waals surface area (Å²) in [5.74, 6) is -0.323. The van der Waals surface area contributed by atoms with Gasteiger partial charge in [-0.3, -0.25) is 4.79 Å². The molecule has 0 aromatic carbocycles. The van der Waals surface area contributed by atoms with Gasteiger partial charge < -0.3 is 39.4 Å². The van der Waals surface area contributed by atoms with Crippen molar-refractivity contribution >= 4 is 5.97 Å². The molecule has 0 saturated carbocycles. The highest BCUT2D eigenvalue weighted by Gasteiger charge is 2.44. The molecule has 0 aromatic heterocycles. The quantitative estimate of drug-likeness (QED) is 0.0273. The van der Waals surface area contributed by atoms with Crippen molar-refractivity contribution in [2.75, 3.05) is 26.4 Å². The van der Waals surface area contributed by atoms with Gasteiger partial charge in [0, 0.05) is 13.0 Å². The van der Waals surface area contributed by atoms with Crippen molar-refractivity contribution in [3.63, 3.8) is 0 Å². The van der Waals surface area contributed by atoms with Crippen LogP contribution in [-0.4, -0.2) is 89.6 Å².